The van der Waals surface area contributed by atoms with Crippen molar-refractivity contribution in [3.63, 3.8) is 0 Å². The first-order valence-electron chi connectivity index (χ1n) is 8.79. The zero-order valence-corrected chi connectivity index (χ0v) is 13.8. The number of aryl methyl sites for hydroxylation is 1. The number of nitrogens with zero attached hydrogens (tertiary/aromatic N) is 2. The van der Waals surface area contributed by atoms with Gasteiger partial charge in [-0.05, 0) is 49.9 Å². The highest BCUT2D eigenvalue weighted by Gasteiger charge is 2.12. The molecule has 2 rings (SSSR count). The van der Waals surface area contributed by atoms with Crippen LogP contribution < -0.4 is 10.2 Å². The average Bonchev–Trinajstić information content (AvgIpc) is 2.77. The van der Waals surface area contributed by atoms with Gasteiger partial charge >= 0.3 is 0 Å². The molecule has 0 unspecified atom stereocenters. The molecule has 21 heavy (non-hydrogen) atoms. The molecule has 1 aromatic heterocycles. The molecule has 0 saturated carbocycles. The Bertz CT molecular complexity index is 409. The Morgan fingerprint density at radius 2 is 1.81 bits per heavy atom. The average molecular weight is 289 g/mol. The van der Waals surface area contributed by atoms with Crippen molar-refractivity contribution in [3.05, 3.63) is 23.4 Å². The van der Waals surface area contributed by atoms with Crippen LogP contribution >= 0.6 is 0 Å². The van der Waals surface area contributed by atoms with Crippen LogP contribution in [0.15, 0.2) is 12.1 Å². The van der Waals surface area contributed by atoms with Crippen LogP contribution in [0.5, 0.6) is 0 Å². The topological polar surface area (TPSA) is 28.2 Å². The van der Waals surface area contributed by atoms with E-state index in [1.165, 1.54) is 62.3 Å². The Hall–Kier alpha value is -1.09. The summed E-state index contributed by atoms with van der Waals surface area (Å²) in [5.74, 6) is 1.20. The number of hydrogen-bond donors (Lipinski definition) is 1. The summed E-state index contributed by atoms with van der Waals surface area (Å²) in [5.41, 5.74) is 2.65. The largest absolute Gasteiger partial charge is 0.357 e. The van der Waals surface area contributed by atoms with E-state index >= 15 is 0 Å². The third kappa shape index (κ3) is 5.31. The second kappa shape index (κ2) is 9.04. The fourth-order valence-corrected chi connectivity index (χ4v) is 2.99. The number of rotatable bonds is 7. The molecule has 1 N–H and O–H groups in total. The van der Waals surface area contributed by atoms with Gasteiger partial charge < -0.3 is 10.2 Å². The van der Waals surface area contributed by atoms with Crippen molar-refractivity contribution >= 4 is 5.82 Å². The third-order valence-corrected chi connectivity index (χ3v) is 4.12. The third-order valence-electron chi connectivity index (χ3n) is 4.12. The SMILES string of the molecule is CCCNCc1cc(CCC)nc(N2CCCCCC2)c1. The predicted molar refractivity (Wildman–Crippen MR) is 90.9 cm³/mol. The first-order valence-corrected chi connectivity index (χ1v) is 8.79. The molecular weight excluding hydrogens is 258 g/mol. The standard InChI is InChI=1S/C18H31N3/c1-3-9-17-13-16(15-19-10-4-2)14-18(20-17)21-11-7-5-6-8-12-21/h13-14,19H,3-12,15H2,1-2H3. The Kier molecular flexibility index (Phi) is 7.01. The molecule has 0 aliphatic carbocycles. The second-order valence-electron chi connectivity index (χ2n) is 6.15. The molecule has 0 spiro atoms. The van der Waals surface area contributed by atoms with E-state index in [1.54, 1.807) is 0 Å². The molecule has 1 fully saturated rings. The highest BCUT2D eigenvalue weighted by atomic mass is 15.2. The Labute approximate surface area is 130 Å². The van der Waals surface area contributed by atoms with Gasteiger partial charge in [0.2, 0.25) is 0 Å². The van der Waals surface area contributed by atoms with Gasteiger partial charge in [-0.1, -0.05) is 33.1 Å². The van der Waals surface area contributed by atoms with E-state index in [-0.39, 0.29) is 0 Å². The maximum atomic E-state index is 4.91. The highest BCUT2D eigenvalue weighted by Crippen LogP contribution is 2.20. The van der Waals surface area contributed by atoms with Crippen LogP contribution in [-0.4, -0.2) is 24.6 Å². The Morgan fingerprint density at radius 3 is 2.48 bits per heavy atom. The lowest BCUT2D eigenvalue weighted by Gasteiger charge is -2.23. The summed E-state index contributed by atoms with van der Waals surface area (Å²) in [5, 5.41) is 3.52. The first kappa shape index (κ1) is 16.3. The summed E-state index contributed by atoms with van der Waals surface area (Å²) in [6.07, 6.45) is 8.80. The molecule has 0 radical (unpaired) electrons. The zero-order chi connectivity index (χ0) is 14.9. The summed E-state index contributed by atoms with van der Waals surface area (Å²) < 4.78 is 0. The molecule has 0 atom stereocenters. The molecule has 1 aromatic rings. The van der Waals surface area contributed by atoms with Gasteiger partial charge in [0, 0.05) is 25.3 Å². The summed E-state index contributed by atoms with van der Waals surface area (Å²) in [4.78, 5) is 7.41. The maximum absolute atomic E-state index is 4.91. The summed E-state index contributed by atoms with van der Waals surface area (Å²) in [6, 6.07) is 4.58. The second-order valence-corrected chi connectivity index (χ2v) is 6.15. The number of anilines is 1. The lowest BCUT2D eigenvalue weighted by Crippen LogP contribution is -2.25. The van der Waals surface area contributed by atoms with Crippen LogP contribution in [0.1, 0.15) is 63.6 Å². The van der Waals surface area contributed by atoms with Crippen molar-refractivity contribution in [1.82, 2.24) is 10.3 Å². The number of pyridine rings is 1. The zero-order valence-electron chi connectivity index (χ0n) is 13.8. The maximum Gasteiger partial charge on any atom is 0.129 e. The first-order chi connectivity index (χ1) is 10.3. The van der Waals surface area contributed by atoms with Gasteiger partial charge in [0.25, 0.3) is 0 Å². The minimum Gasteiger partial charge on any atom is -0.357 e. The summed E-state index contributed by atoms with van der Waals surface area (Å²) in [6.45, 7) is 8.84. The van der Waals surface area contributed by atoms with Crippen molar-refractivity contribution in [2.24, 2.45) is 0 Å². The van der Waals surface area contributed by atoms with Crippen LogP contribution in [-0.2, 0) is 13.0 Å². The van der Waals surface area contributed by atoms with Gasteiger partial charge in [0.1, 0.15) is 5.82 Å². The molecule has 3 heteroatoms. The molecule has 1 aliphatic rings. The van der Waals surface area contributed by atoms with E-state index in [2.05, 4.69) is 36.2 Å². The van der Waals surface area contributed by atoms with Gasteiger partial charge in [0.15, 0.2) is 0 Å². The van der Waals surface area contributed by atoms with Gasteiger partial charge in [-0.3, -0.25) is 0 Å². The van der Waals surface area contributed by atoms with Gasteiger partial charge in [-0.15, -0.1) is 0 Å². The highest BCUT2D eigenvalue weighted by molar-refractivity contribution is 5.43. The van der Waals surface area contributed by atoms with Gasteiger partial charge in [0.05, 0.1) is 0 Å². The van der Waals surface area contributed by atoms with E-state index in [9.17, 15) is 0 Å². The van der Waals surface area contributed by atoms with Crippen LogP contribution in [0.4, 0.5) is 5.82 Å². The van der Waals surface area contributed by atoms with Crippen LogP contribution in [0.3, 0.4) is 0 Å². The lowest BCUT2D eigenvalue weighted by molar-refractivity contribution is 0.672. The van der Waals surface area contributed by atoms with Crippen LogP contribution in [0, 0.1) is 0 Å². The van der Waals surface area contributed by atoms with Crippen molar-refractivity contribution in [3.8, 4) is 0 Å². The molecule has 1 aliphatic heterocycles. The fourth-order valence-electron chi connectivity index (χ4n) is 2.99. The van der Waals surface area contributed by atoms with E-state index in [1.807, 2.05) is 0 Å². The molecule has 3 nitrogen and oxygen atoms in total. The molecule has 0 amide bonds. The number of aromatic nitrogens is 1. The summed E-state index contributed by atoms with van der Waals surface area (Å²) >= 11 is 0. The van der Waals surface area contributed by atoms with E-state index in [0.29, 0.717) is 0 Å². The van der Waals surface area contributed by atoms with Crippen molar-refractivity contribution in [2.45, 2.75) is 65.3 Å². The minimum atomic E-state index is 0.966. The number of hydrogen-bond acceptors (Lipinski definition) is 3. The van der Waals surface area contributed by atoms with Crippen LogP contribution in [0.2, 0.25) is 0 Å². The number of nitrogens with one attached hydrogen (secondary N) is 1. The van der Waals surface area contributed by atoms with Gasteiger partial charge in [-0.25, -0.2) is 4.98 Å². The Morgan fingerprint density at radius 1 is 1.05 bits per heavy atom. The molecule has 0 aromatic carbocycles. The Balaban J connectivity index is 2.13. The van der Waals surface area contributed by atoms with Crippen LogP contribution in [0.25, 0.3) is 0 Å². The lowest BCUT2D eigenvalue weighted by atomic mass is 10.1. The summed E-state index contributed by atoms with van der Waals surface area (Å²) in [7, 11) is 0. The molecule has 118 valence electrons. The fraction of sp³-hybridized carbons (Fsp3) is 0.722. The smallest absolute Gasteiger partial charge is 0.129 e. The monoisotopic (exact) mass is 289 g/mol. The molecule has 2 heterocycles. The normalized spacial score (nSPS) is 16.0. The molecule has 0 bridgehead atoms. The van der Waals surface area contributed by atoms with E-state index in [0.717, 1.165) is 25.9 Å². The van der Waals surface area contributed by atoms with Crippen molar-refractivity contribution < 1.29 is 0 Å². The van der Waals surface area contributed by atoms with Crippen molar-refractivity contribution in [2.75, 3.05) is 24.5 Å². The van der Waals surface area contributed by atoms with Crippen molar-refractivity contribution in [1.29, 1.82) is 0 Å². The molecular formula is C18H31N3. The van der Waals surface area contributed by atoms with E-state index in [4.69, 9.17) is 4.98 Å². The van der Waals surface area contributed by atoms with Gasteiger partial charge in [-0.2, -0.15) is 0 Å². The molecule has 1 saturated heterocycles. The minimum absolute atomic E-state index is 0.966. The van der Waals surface area contributed by atoms with E-state index < -0.39 is 0 Å². The quantitative estimate of drug-likeness (QED) is 0.771. The predicted octanol–water partition coefficient (Wildman–Crippen LogP) is 3.91.